The van der Waals surface area contributed by atoms with Gasteiger partial charge in [-0.05, 0) is 13.3 Å². The largest absolute Gasteiger partial charge is 0.312 e. The molecule has 3 heteroatoms. The molecule has 0 unspecified atom stereocenters. The molecule has 0 spiro atoms. The number of nitrogens with two attached hydrogens (primary N) is 1. The lowest BCUT2D eigenvalue weighted by Crippen LogP contribution is -2.30. The molecule has 0 atom stereocenters. The fraction of sp³-hybridized carbons (Fsp3) is 0.875. The van der Waals surface area contributed by atoms with E-state index in [0.717, 1.165) is 18.8 Å². The first-order valence-corrected chi connectivity index (χ1v) is 4.35. The number of rotatable bonds is 5. The van der Waals surface area contributed by atoms with Crippen LogP contribution in [0.15, 0.2) is 4.99 Å². The van der Waals surface area contributed by atoms with Crippen molar-refractivity contribution in [3.63, 3.8) is 0 Å². The zero-order valence-corrected chi connectivity index (χ0v) is 7.56. The lowest BCUT2D eigenvalue weighted by molar-refractivity contribution is 0.728. The summed E-state index contributed by atoms with van der Waals surface area (Å²) in [5, 5.41) is 0. The second-order valence-corrected chi connectivity index (χ2v) is 2.52. The first kappa shape index (κ1) is 10.4. The van der Waals surface area contributed by atoms with Gasteiger partial charge < -0.3 is 5.43 Å². The van der Waals surface area contributed by atoms with Crippen molar-refractivity contribution in [2.45, 2.75) is 39.5 Å². The third-order valence-electron chi connectivity index (χ3n) is 1.53. The molecule has 0 radical (unpaired) electrons. The van der Waals surface area contributed by atoms with E-state index in [1.807, 2.05) is 6.92 Å². The van der Waals surface area contributed by atoms with Gasteiger partial charge in [0, 0.05) is 13.0 Å². The number of nitrogens with one attached hydrogen (secondary N) is 1. The van der Waals surface area contributed by atoms with E-state index >= 15 is 0 Å². The number of hydrazine groups is 1. The van der Waals surface area contributed by atoms with Gasteiger partial charge in [-0.1, -0.05) is 19.8 Å². The minimum atomic E-state index is 0.811. The van der Waals surface area contributed by atoms with E-state index in [-0.39, 0.29) is 0 Å². The van der Waals surface area contributed by atoms with Crippen molar-refractivity contribution >= 4 is 5.84 Å². The maximum absolute atomic E-state index is 5.26. The molecule has 3 N–H and O–H groups in total. The Bertz CT molecular complexity index is 110. The molecule has 0 bridgehead atoms. The van der Waals surface area contributed by atoms with Crippen LogP contribution in [0.4, 0.5) is 0 Å². The number of nitrogens with zero attached hydrogens (tertiary/aromatic N) is 1. The summed E-state index contributed by atoms with van der Waals surface area (Å²) in [6, 6.07) is 0. The summed E-state index contributed by atoms with van der Waals surface area (Å²) in [7, 11) is 0. The van der Waals surface area contributed by atoms with Gasteiger partial charge >= 0.3 is 0 Å². The third kappa shape index (κ3) is 5.85. The van der Waals surface area contributed by atoms with Crippen molar-refractivity contribution in [2.75, 3.05) is 6.54 Å². The highest BCUT2D eigenvalue weighted by molar-refractivity contribution is 5.81. The van der Waals surface area contributed by atoms with E-state index in [0.29, 0.717) is 0 Å². The van der Waals surface area contributed by atoms with Crippen molar-refractivity contribution < 1.29 is 0 Å². The highest BCUT2D eigenvalue weighted by Crippen LogP contribution is 1.98. The first-order chi connectivity index (χ1) is 5.35. The maximum Gasteiger partial charge on any atom is 0.110 e. The van der Waals surface area contributed by atoms with Crippen LogP contribution in [0.5, 0.6) is 0 Å². The molecule has 0 aliphatic carbocycles. The number of hydrogen-bond acceptors (Lipinski definition) is 2. The highest BCUT2D eigenvalue weighted by atomic mass is 15.2. The van der Waals surface area contributed by atoms with Gasteiger partial charge in [0.05, 0.1) is 0 Å². The molecule has 0 amide bonds. The minimum absolute atomic E-state index is 0.811. The Morgan fingerprint density at radius 1 is 1.36 bits per heavy atom. The Labute approximate surface area is 69.0 Å². The molecular formula is C8H19N3. The Morgan fingerprint density at radius 2 is 2.09 bits per heavy atom. The standard InChI is InChI=1S/C8H19N3/c1-3-5-6-7-8(11-9)10-4-2/h3-7,9H2,1-2H3,(H,10,11). The summed E-state index contributed by atoms with van der Waals surface area (Å²) in [6.07, 6.45) is 4.66. The summed E-state index contributed by atoms with van der Waals surface area (Å²) < 4.78 is 0. The van der Waals surface area contributed by atoms with E-state index in [4.69, 9.17) is 5.84 Å². The van der Waals surface area contributed by atoms with Crippen molar-refractivity contribution in [3.8, 4) is 0 Å². The molecule has 66 valence electrons. The van der Waals surface area contributed by atoms with Crippen LogP contribution in [0.2, 0.25) is 0 Å². The van der Waals surface area contributed by atoms with Crippen molar-refractivity contribution in [1.29, 1.82) is 0 Å². The molecular weight excluding hydrogens is 138 g/mol. The van der Waals surface area contributed by atoms with E-state index in [1.165, 1.54) is 19.3 Å². The van der Waals surface area contributed by atoms with Gasteiger partial charge in [0.1, 0.15) is 5.84 Å². The van der Waals surface area contributed by atoms with E-state index < -0.39 is 0 Å². The zero-order chi connectivity index (χ0) is 8.53. The highest BCUT2D eigenvalue weighted by Gasteiger charge is 1.93. The van der Waals surface area contributed by atoms with Crippen molar-refractivity contribution in [2.24, 2.45) is 10.8 Å². The van der Waals surface area contributed by atoms with Crippen LogP contribution in [0.1, 0.15) is 39.5 Å². The van der Waals surface area contributed by atoms with Crippen LogP contribution >= 0.6 is 0 Å². The van der Waals surface area contributed by atoms with Gasteiger partial charge in [0.15, 0.2) is 0 Å². The Kier molecular flexibility index (Phi) is 7.15. The number of amidine groups is 1. The number of hydrogen-bond donors (Lipinski definition) is 2. The smallest absolute Gasteiger partial charge is 0.110 e. The second-order valence-electron chi connectivity index (χ2n) is 2.52. The number of unbranched alkanes of at least 4 members (excludes halogenated alkanes) is 2. The van der Waals surface area contributed by atoms with E-state index in [2.05, 4.69) is 17.3 Å². The molecule has 0 fully saturated rings. The molecule has 0 heterocycles. The molecule has 0 aromatic rings. The summed E-state index contributed by atoms with van der Waals surface area (Å²) in [5.41, 5.74) is 2.61. The van der Waals surface area contributed by atoms with Crippen LogP contribution < -0.4 is 11.3 Å². The van der Waals surface area contributed by atoms with Crippen LogP contribution in [-0.2, 0) is 0 Å². The Balaban J connectivity index is 3.44. The van der Waals surface area contributed by atoms with E-state index in [9.17, 15) is 0 Å². The second kappa shape index (κ2) is 7.54. The van der Waals surface area contributed by atoms with Gasteiger partial charge in [-0.3, -0.25) is 4.99 Å². The SMILES string of the molecule is CCCCCC(=NCC)NN. The topological polar surface area (TPSA) is 50.4 Å². The van der Waals surface area contributed by atoms with Crippen LogP contribution in [0.3, 0.4) is 0 Å². The molecule has 0 aromatic heterocycles. The normalized spacial score (nSPS) is 11.7. The van der Waals surface area contributed by atoms with Crippen LogP contribution in [-0.4, -0.2) is 12.4 Å². The molecule has 0 aromatic carbocycles. The average molecular weight is 157 g/mol. The summed E-state index contributed by atoms with van der Waals surface area (Å²) >= 11 is 0. The van der Waals surface area contributed by atoms with Crippen LogP contribution in [0.25, 0.3) is 0 Å². The molecule has 0 saturated heterocycles. The fourth-order valence-electron chi connectivity index (χ4n) is 0.930. The van der Waals surface area contributed by atoms with Gasteiger partial charge in [-0.25, -0.2) is 5.84 Å². The Morgan fingerprint density at radius 3 is 2.55 bits per heavy atom. The van der Waals surface area contributed by atoms with Gasteiger partial charge in [-0.15, -0.1) is 0 Å². The number of aliphatic imine (C=N–C) groups is 1. The predicted octanol–water partition coefficient (Wildman–Crippen LogP) is 1.45. The van der Waals surface area contributed by atoms with Gasteiger partial charge in [-0.2, -0.15) is 0 Å². The maximum atomic E-state index is 5.26. The summed E-state index contributed by atoms with van der Waals surface area (Å²) in [5.74, 6) is 6.19. The fourth-order valence-corrected chi connectivity index (χ4v) is 0.930. The predicted molar refractivity (Wildman–Crippen MR) is 49.4 cm³/mol. The molecule has 0 aliphatic rings. The average Bonchev–Trinajstić information content (AvgIpc) is 2.03. The molecule has 11 heavy (non-hydrogen) atoms. The van der Waals surface area contributed by atoms with Crippen molar-refractivity contribution in [3.05, 3.63) is 0 Å². The van der Waals surface area contributed by atoms with Crippen LogP contribution in [0, 0.1) is 0 Å². The third-order valence-corrected chi connectivity index (χ3v) is 1.53. The van der Waals surface area contributed by atoms with Crippen molar-refractivity contribution in [1.82, 2.24) is 5.43 Å². The lowest BCUT2D eigenvalue weighted by Gasteiger charge is -2.03. The zero-order valence-electron chi connectivity index (χ0n) is 7.56. The molecule has 0 rings (SSSR count). The van der Waals surface area contributed by atoms with Gasteiger partial charge in [0.2, 0.25) is 0 Å². The monoisotopic (exact) mass is 157 g/mol. The molecule has 3 nitrogen and oxygen atoms in total. The minimum Gasteiger partial charge on any atom is -0.312 e. The summed E-state index contributed by atoms with van der Waals surface area (Å²) in [6.45, 7) is 5.01. The lowest BCUT2D eigenvalue weighted by atomic mass is 10.2. The summed E-state index contributed by atoms with van der Waals surface area (Å²) in [4.78, 5) is 4.19. The quantitative estimate of drug-likeness (QED) is 0.209. The van der Waals surface area contributed by atoms with Gasteiger partial charge in [0.25, 0.3) is 0 Å². The molecule has 0 aliphatic heterocycles. The van der Waals surface area contributed by atoms with E-state index in [1.54, 1.807) is 0 Å². The molecule has 0 saturated carbocycles. The Hall–Kier alpha value is -0.570. The first-order valence-electron chi connectivity index (χ1n) is 4.35.